The van der Waals surface area contributed by atoms with Gasteiger partial charge in [0, 0.05) is 19.0 Å². The molecule has 0 spiro atoms. The SMILES string of the molecule is NC(=O)CCNC1CCCCC1c1ccccc1. The van der Waals surface area contributed by atoms with E-state index in [2.05, 4.69) is 35.6 Å². The second-order valence-corrected chi connectivity index (χ2v) is 5.08. The maximum atomic E-state index is 10.8. The highest BCUT2D eigenvalue weighted by molar-refractivity contribution is 5.73. The molecule has 1 aromatic rings. The van der Waals surface area contributed by atoms with Gasteiger partial charge in [-0.2, -0.15) is 0 Å². The van der Waals surface area contributed by atoms with Gasteiger partial charge >= 0.3 is 0 Å². The van der Waals surface area contributed by atoms with Crippen molar-refractivity contribution in [1.29, 1.82) is 0 Å². The van der Waals surface area contributed by atoms with E-state index in [0.29, 0.717) is 24.9 Å². The first-order valence-corrected chi connectivity index (χ1v) is 6.84. The van der Waals surface area contributed by atoms with Crippen molar-refractivity contribution in [2.75, 3.05) is 6.54 Å². The van der Waals surface area contributed by atoms with Gasteiger partial charge in [-0.05, 0) is 24.3 Å². The van der Waals surface area contributed by atoms with Crippen LogP contribution in [0.1, 0.15) is 43.6 Å². The summed E-state index contributed by atoms with van der Waals surface area (Å²) in [6, 6.07) is 11.2. The first-order valence-electron chi connectivity index (χ1n) is 6.84. The Balaban J connectivity index is 1.95. The highest BCUT2D eigenvalue weighted by Crippen LogP contribution is 2.32. The fourth-order valence-corrected chi connectivity index (χ4v) is 2.86. The summed E-state index contributed by atoms with van der Waals surface area (Å²) in [5.74, 6) is 0.349. The molecule has 0 heterocycles. The minimum atomic E-state index is -0.227. The minimum Gasteiger partial charge on any atom is -0.370 e. The van der Waals surface area contributed by atoms with E-state index in [1.54, 1.807) is 0 Å². The van der Waals surface area contributed by atoms with Crippen LogP contribution in [0, 0.1) is 0 Å². The average molecular weight is 246 g/mol. The Morgan fingerprint density at radius 2 is 1.94 bits per heavy atom. The first kappa shape index (κ1) is 13.1. The molecule has 0 aromatic heterocycles. The number of benzene rings is 1. The Hall–Kier alpha value is -1.35. The number of nitrogens with two attached hydrogens (primary N) is 1. The van der Waals surface area contributed by atoms with E-state index in [0.717, 1.165) is 0 Å². The summed E-state index contributed by atoms with van der Waals surface area (Å²) in [7, 11) is 0. The van der Waals surface area contributed by atoms with Crippen LogP contribution in [0.3, 0.4) is 0 Å². The van der Waals surface area contributed by atoms with Crippen molar-refractivity contribution in [2.24, 2.45) is 5.73 Å². The van der Waals surface area contributed by atoms with Crippen molar-refractivity contribution in [3.8, 4) is 0 Å². The molecular weight excluding hydrogens is 224 g/mol. The number of carbonyl (C=O) groups excluding carboxylic acids is 1. The van der Waals surface area contributed by atoms with Gasteiger partial charge in [-0.15, -0.1) is 0 Å². The topological polar surface area (TPSA) is 55.1 Å². The van der Waals surface area contributed by atoms with Gasteiger partial charge in [0.1, 0.15) is 0 Å². The molecule has 98 valence electrons. The molecule has 0 radical (unpaired) electrons. The average Bonchev–Trinajstić information content (AvgIpc) is 2.40. The van der Waals surface area contributed by atoms with Gasteiger partial charge in [-0.3, -0.25) is 4.79 Å². The first-order chi connectivity index (χ1) is 8.77. The summed E-state index contributed by atoms with van der Waals surface area (Å²) in [4.78, 5) is 10.8. The molecule has 3 N–H and O–H groups in total. The van der Waals surface area contributed by atoms with E-state index in [-0.39, 0.29) is 5.91 Å². The van der Waals surface area contributed by atoms with Crippen molar-refractivity contribution in [1.82, 2.24) is 5.32 Å². The third-order valence-electron chi connectivity index (χ3n) is 3.77. The number of nitrogens with one attached hydrogen (secondary N) is 1. The predicted octanol–water partition coefficient (Wildman–Crippen LogP) is 2.18. The van der Waals surface area contributed by atoms with Gasteiger partial charge in [-0.1, -0.05) is 43.2 Å². The van der Waals surface area contributed by atoms with E-state index in [4.69, 9.17) is 5.73 Å². The number of carbonyl (C=O) groups is 1. The normalized spacial score (nSPS) is 23.8. The standard InChI is InChI=1S/C15H22N2O/c16-15(18)10-11-17-14-9-5-4-8-13(14)12-6-2-1-3-7-12/h1-3,6-7,13-14,17H,4-5,8-11H2,(H2,16,18). The number of primary amides is 1. The lowest BCUT2D eigenvalue weighted by Crippen LogP contribution is -2.38. The summed E-state index contributed by atoms with van der Waals surface area (Å²) < 4.78 is 0. The monoisotopic (exact) mass is 246 g/mol. The lowest BCUT2D eigenvalue weighted by molar-refractivity contribution is -0.117. The number of hydrogen-bond donors (Lipinski definition) is 2. The summed E-state index contributed by atoms with van der Waals surface area (Å²) in [6.45, 7) is 0.698. The summed E-state index contributed by atoms with van der Waals surface area (Å²) in [5, 5.41) is 3.50. The maximum absolute atomic E-state index is 10.8. The molecule has 3 nitrogen and oxygen atoms in total. The van der Waals surface area contributed by atoms with E-state index in [1.807, 2.05) is 0 Å². The molecule has 1 saturated carbocycles. The van der Waals surface area contributed by atoms with E-state index >= 15 is 0 Å². The predicted molar refractivity (Wildman–Crippen MR) is 73.3 cm³/mol. The Labute approximate surface area is 109 Å². The molecule has 3 heteroatoms. The smallest absolute Gasteiger partial charge is 0.218 e. The van der Waals surface area contributed by atoms with Gasteiger partial charge in [0.15, 0.2) is 0 Å². The lowest BCUT2D eigenvalue weighted by Gasteiger charge is -2.32. The van der Waals surface area contributed by atoms with E-state index < -0.39 is 0 Å². The molecule has 0 aliphatic heterocycles. The fraction of sp³-hybridized carbons (Fsp3) is 0.533. The van der Waals surface area contributed by atoms with Crippen LogP contribution in [0.15, 0.2) is 30.3 Å². The molecule has 1 aromatic carbocycles. The second-order valence-electron chi connectivity index (χ2n) is 5.08. The molecule has 1 aliphatic carbocycles. The number of hydrogen-bond acceptors (Lipinski definition) is 2. The van der Waals surface area contributed by atoms with E-state index in [1.165, 1.54) is 31.2 Å². The van der Waals surface area contributed by atoms with Crippen LogP contribution in [0.25, 0.3) is 0 Å². The molecule has 18 heavy (non-hydrogen) atoms. The molecule has 1 amide bonds. The Kier molecular flexibility index (Phi) is 4.76. The van der Waals surface area contributed by atoms with Crippen molar-refractivity contribution >= 4 is 5.91 Å². The van der Waals surface area contributed by atoms with Crippen LogP contribution in [0.5, 0.6) is 0 Å². The van der Waals surface area contributed by atoms with Crippen molar-refractivity contribution in [2.45, 2.75) is 44.1 Å². The zero-order valence-corrected chi connectivity index (χ0v) is 10.8. The van der Waals surface area contributed by atoms with E-state index in [9.17, 15) is 4.79 Å². The lowest BCUT2D eigenvalue weighted by atomic mass is 9.80. The molecule has 2 atom stereocenters. The fourth-order valence-electron chi connectivity index (χ4n) is 2.86. The largest absolute Gasteiger partial charge is 0.370 e. The molecule has 0 saturated heterocycles. The van der Waals surface area contributed by atoms with Crippen molar-refractivity contribution in [3.05, 3.63) is 35.9 Å². The van der Waals surface area contributed by atoms with Crippen LogP contribution in [-0.2, 0) is 4.79 Å². The second kappa shape index (κ2) is 6.55. The van der Waals surface area contributed by atoms with Crippen molar-refractivity contribution in [3.63, 3.8) is 0 Å². The maximum Gasteiger partial charge on any atom is 0.218 e. The highest BCUT2D eigenvalue weighted by Gasteiger charge is 2.25. The van der Waals surface area contributed by atoms with Crippen LogP contribution in [0.4, 0.5) is 0 Å². The molecule has 2 rings (SSSR count). The Morgan fingerprint density at radius 3 is 2.67 bits per heavy atom. The Bertz CT molecular complexity index is 377. The molecule has 2 unspecified atom stereocenters. The van der Waals surface area contributed by atoms with Crippen molar-refractivity contribution < 1.29 is 4.79 Å². The van der Waals surface area contributed by atoms with Gasteiger partial charge in [-0.25, -0.2) is 0 Å². The zero-order chi connectivity index (χ0) is 12.8. The molecule has 1 fully saturated rings. The third kappa shape index (κ3) is 3.57. The quantitative estimate of drug-likeness (QED) is 0.836. The number of rotatable bonds is 5. The van der Waals surface area contributed by atoms with Crippen LogP contribution in [-0.4, -0.2) is 18.5 Å². The highest BCUT2D eigenvalue weighted by atomic mass is 16.1. The summed E-state index contributed by atoms with van der Waals surface area (Å²) in [5.41, 5.74) is 6.59. The van der Waals surface area contributed by atoms with Gasteiger partial charge in [0.05, 0.1) is 0 Å². The summed E-state index contributed by atoms with van der Waals surface area (Å²) >= 11 is 0. The van der Waals surface area contributed by atoms with Gasteiger partial charge < -0.3 is 11.1 Å². The molecular formula is C15H22N2O. The number of amides is 1. The van der Waals surface area contributed by atoms with Gasteiger partial charge in [0.2, 0.25) is 5.91 Å². The summed E-state index contributed by atoms with van der Waals surface area (Å²) in [6.07, 6.45) is 5.43. The third-order valence-corrected chi connectivity index (χ3v) is 3.77. The van der Waals surface area contributed by atoms with Crippen LogP contribution in [0.2, 0.25) is 0 Å². The van der Waals surface area contributed by atoms with Gasteiger partial charge in [0.25, 0.3) is 0 Å². The van der Waals surface area contributed by atoms with Crippen LogP contribution >= 0.6 is 0 Å². The molecule has 1 aliphatic rings. The molecule has 0 bridgehead atoms. The Morgan fingerprint density at radius 1 is 1.22 bits per heavy atom. The minimum absolute atomic E-state index is 0.227. The van der Waals surface area contributed by atoms with Crippen LogP contribution < -0.4 is 11.1 Å². The zero-order valence-electron chi connectivity index (χ0n) is 10.8.